The molecule has 2 aromatic carbocycles. The van der Waals surface area contributed by atoms with Gasteiger partial charge in [0, 0.05) is 25.2 Å². The largest absolute Gasteiger partial charge is 0.371 e. The highest BCUT2D eigenvalue weighted by Crippen LogP contribution is 2.42. The van der Waals surface area contributed by atoms with Crippen molar-refractivity contribution in [2.45, 2.75) is 70.6 Å². The van der Waals surface area contributed by atoms with Crippen LogP contribution in [0.2, 0.25) is 24.2 Å². The van der Waals surface area contributed by atoms with Crippen molar-refractivity contribution in [2.75, 3.05) is 18.0 Å². The minimum atomic E-state index is -1.45. The highest BCUT2D eigenvalue weighted by atomic mass is 28.3. The van der Waals surface area contributed by atoms with Crippen LogP contribution < -0.4 is 4.90 Å². The van der Waals surface area contributed by atoms with E-state index < -0.39 is 8.07 Å². The number of unbranched alkanes of at least 4 members (excludes halogenated alkanes) is 2. The van der Waals surface area contributed by atoms with Crippen LogP contribution in [0.3, 0.4) is 0 Å². The zero-order valence-electron chi connectivity index (χ0n) is 19.1. The predicted molar refractivity (Wildman–Crippen MR) is 130 cm³/mol. The number of rotatable bonds is 12. The Balaban J connectivity index is 2.11. The van der Waals surface area contributed by atoms with Crippen LogP contribution in [0.1, 0.15) is 44.2 Å². The lowest BCUT2D eigenvalue weighted by Gasteiger charge is -2.44. The van der Waals surface area contributed by atoms with Gasteiger partial charge in [-0.15, -0.1) is 0 Å². The third kappa shape index (κ3) is 7.15. The average molecular weight is 410 g/mol. The molecule has 0 atom stereocenters. The number of carbonyl (C=O) groups excluding carboxylic acids is 1. The van der Waals surface area contributed by atoms with Gasteiger partial charge in [-0.1, -0.05) is 87.4 Å². The number of aldehydes is 1. The van der Waals surface area contributed by atoms with Crippen molar-refractivity contribution in [3.05, 3.63) is 65.7 Å². The van der Waals surface area contributed by atoms with Crippen LogP contribution in [0.5, 0.6) is 0 Å². The van der Waals surface area contributed by atoms with Crippen LogP contribution >= 0.6 is 0 Å². The molecule has 0 aliphatic heterocycles. The first-order valence-electron chi connectivity index (χ1n) is 11.0. The second-order valence-electron chi connectivity index (χ2n) is 9.67. The Hall–Kier alpha value is -1.87. The van der Waals surface area contributed by atoms with Crippen LogP contribution in [0.4, 0.5) is 5.69 Å². The van der Waals surface area contributed by atoms with Gasteiger partial charge in [0.25, 0.3) is 0 Å². The van der Waals surface area contributed by atoms with Gasteiger partial charge in [0.05, 0.1) is 8.07 Å². The molecule has 2 nitrogen and oxygen atoms in total. The topological polar surface area (TPSA) is 20.3 Å². The lowest BCUT2D eigenvalue weighted by molar-refractivity contribution is -0.107. The molecule has 3 heteroatoms. The normalized spacial score (nSPS) is 12.0. The number of carbonyl (C=O) groups is 1. The van der Waals surface area contributed by atoms with E-state index in [4.69, 9.17) is 0 Å². The summed E-state index contributed by atoms with van der Waals surface area (Å²) in [6.07, 6.45) is 5.04. The van der Waals surface area contributed by atoms with Crippen molar-refractivity contribution in [1.82, 2.24) is 0 Å². The van der Waals surface area contributed by atoms with Crippen molar-refractivity contribution in [3.63, 3.8) is 0 Å². The summed E-state index contributed by atoms with van der Waals surface area (Å²) >= 11 is 0. The zero-order chi connectivity index (χ0) is 21.3. The van der Waals surface area contributed by atoms with Crippen molar-refractivity contribution < 1.29 is 4.79 Å². The van der Waals surface area contributed by atoms with Gasteiger partial charge in [-0.05, 0) is 42.5 Å². The predicted octanol–water partition coefficient (Wildman–Crippen LogP) is 6.90. The molecule has 0 saturated carbocycles. The molecule has 0 unspecified atom stereocenters. The number of nitrogens with zero attached hydrogens (tertiary/aromatic N) is 1. The maximum Gasteiger partial charge on any atom is 0.119 e. The number of para-hydroxylation sites is 1. The summed E-state index contributed by atoms with van der Waals surface area (Å²) in [5.74, 6) is 0. The van der Waals surface area contributed by atoms with E-state index in [0.717, 1.165) is 32.2 Å². The Labute approximate surface area is 179 Å². The Kier molecular flexibility index (Phi) is 8.70. The lowest BCUT2D eigenvalue weighted by Crippen LogP contribution is -2.46. The second-order valence-corrected chi connectivity index (χ2v) is 15.3. The van der Waals surface area contributed by atoms with Gasteiger partial charge >= 0.3 is 0 Å². The Bertz CT molecular complexity index is 737. The summed E-state index contributed by atoms with van der Waals surface area (Å²) in [6.45, 7) is 14.2. The fraction of sp³-hybridized carbons (Fsp3) is 0.500. The molecule has 2 aromatic rings. The Morgan fingerprint density at radius 2 is 1.62 bits per heavy atom. The van der Waals surface area contributed by atoms with Crippen molar-refractivity contribution in [2.24, 2.45) is 0 Å². The number of aryl methyl sites for hydroxylation is 1. The number of benzene rings is 2. The number of anilines is 1. The first-order chi connectivity index (χ1) is 13.7. The smallest absolute Gasteiger partial charge is 0.119 e. The minimum Gasteiger partial charge on any atom is -0.371 e. The van der Waals surface area contributed by atoms with Crippen LogP contribution in [-0.2, 0) is 11.2 Å². The summed E-state index contributed by atoms with van der Waals surface area (Å²) in [5, 5.41) is 0.289. The molecule has 0 amide bonds. The van der Waals surface area contributed by atoms with E-state index in [1.165, 1.54) is 29.3 Å². The highest BCUT2D eigenvalue weighted by Gasteiger charge is 2.39. The second kappa shape index (κ2) is 10.8. The van der Waals surface area contributed by atoms with E-state index in [-0.39, 0.29) is 5.04 Å². The number of hydrogen-bond acceptors (Lipinski definition) is 2. The maximum atomic E-state index is 10.6. The molecular formula is C26H39NOSi. The van der Waals surface area contributed by atoms with Gasteiger partial charge in [0.15, 0.2) is 0 Å². The third-order valence-corrected chi connectivity index (χ3v) is 12.1. The van der Waals surface area contributed by atoms with Gasteiger partial charge < -0.3 is 9.69 Å². The van der Waals surface area contributed by atoms with E-state index in [1.54, 1.807) is 0 Å². The lowest BCUT2D eigenvalue weighted by atomic mass is 10.1. The van der Waals surface area contributed by atoms with Crippen molar-refractivity contribution in [3.8, 4) is 0 Å². The van der Waals surface area contributed by atoms with E-state index in [2.05, 4.69) is 93.4 Å². The summed E-state index contributed by atoms with van der Waals surface area (Å²) in [5.41, 5.74) is 4.04. The molecule has 0 radical (unpaired) electrons. The molecule has 0 spiro atoms. The zero-order valence-corrected chi connectivity index (χ0v) is 20.1. The fourth-order valence-corrected chi connectivity index (χ4v) is 6.21. The summed E-state index contributed by atoms with van der Waals surface area (Å²) in [6, 6.07) is 21.1. The third-order valence-electron chi connectivity index (χ3n) is 6.70. The molecule has 0 saturated heterocycles. The quantitative estimate of drug-likeness (QED) is 0.216. The van der Waals surface area contributed by atoms with Crippen molar-refractivity contribution in [1.29, 1.82) is 0 Å². The van der Waals surface area contributed by atoms with Gasteiger partial charge in [-0.25, -0.2) is 0 Å². The molecule has 0 aromatic heterocycles. The summed E-state index contributed by atoms with van der Waals surface area (Å²) < 4.78 is 0. The van der Waals surface area contributed by atoms with E-state index in [0.29, 0.717) is 6.42 Å². The first-order valence-corrected chi connectivity index (χ1v) is 14.2. The summed E-state index contributed by atoms with van der Waals surface area (Å²) in [7, 11) is -1.45. The molecule has 0 heterocycles. The highest BCUT2D eigenvalue weighted by molar-refractivity contribution is 6.80. The minimum absolute atomic E-state index is 0.289. The van der Waals surface area contributed by atoms with Crippen molar-refractivity contribution >= 4 is 20.0 Å². The fourth-order valence-electron chi connectivity index (χ4n) is 3.78. The van der Waals surface area contributed by atoms with Crippen LogP contribution in [-0.4, -0.2) is 27.4 Å². The van der Waals surface area contributed by atoms with E-state index >= 15 is 0 Å². The maximum absolute atomic E-state index is 10.6. The van der Waals surface area contributed by atoms with Crippen LogP contribution in [0.15, 0.2) is 54.6 Å². The van der Waals surface area contributed by atoms with Crippen LogP contribution in [0.25, 0.3) is 0 Å². The molecular weight excluding hydrogens is 370 g/mol. The van der Waals surface area contributed by atoms with E-state index in [9.17, 15) is 4.79 Å². The van der Waals surface area contributed by atoms with Gasteiger partial charge in [0.1, 0.15) is 6.29 Å². The number of hydrogen-bond donors (Lipinski definition) is 0. The summed E-state index contributed by atoms with van der Waals surface area (Å²) in [4.78, 5) is 13.2. The Morgan fingerprint density at radius 1 is 0.966 bits per heavy atom. The molecule has 0 N–H and O–H groups in total. The molecule has 0 fully saturated rings. The standard InChI is InChI=1S/C26H39NOSi/c1-23-14-16-24(17-15-23)18-19-27(25-12-8-6-9-13-25)22-26(2,3)29(4,5)21-11-7-10-20-28/h6,8-9,12-17,20H,7,10-11,18-19,21-22H2,1-5H3. The monoisotopic (exact) mass is 409 g/mol. The molecule has 2 rings (SSSR count). The molecule has 0 bridgehead atoms. The molecule has 0 aliphatic carbocycles. The van der Waals surface area contributed by atoms with Gasteiger partial charge in [-0.2, -0.15) is 0 Å². The molecule has 158 valence electrons. The molecule has 0 aliphatic rings. The van der Waals surface area contributed by atoms with Crippen LogP contribution in [0, 0.1) is 6.92 Å². The first kappa shape index (κ1) is 23.4. The Morgan fingerprint density at radius 3 is 2.24 bits per heavy atom. The molecule has 29 heavy (non-hydrogen) atoms. The SMILES string of the molecule is Cc1ccc(CCN(CC(C)(C)[Si](C)(C)CCCCC=O)c2ccccc2)cc1. The van der Waals surface area contributed by atoms with E-state index in [1.807, 2.05) is 0 Å². The van der Waals surface area contributed by atoms with Gasteiger partial charge in [0.2, 0.25) is 0 Å². The van der Waals surface area contributed by atoms with Gasteiger partial charge in [-0.3, -0.25) is 0 Å². The average Bonchev–Trinajstić information content (AvgIpc) is 2.70.